The van der Waals surface area contributed by atoms with Crippen LogP contribution in [0.2, 0.25) is 0 Å². The second kappa shape index (κ2) is 7.46. The van der Waals surface area contributed by atoms with Gasteiger partial charge < -0.3 is 10.2 Å². The van der Waals surface area contributed by atoms with E-state index < -0.39 is 6.10 Å². The third-order valence-corrected chi connectivity index (χ3v) is 3.15. The van der Waals surface area contributed by atoms with Crippen LogP contribution in [-0.4, -0.2) is 22.9 Å². The summed E-state index contributed by atoms with van der Waals surface area (Å²) < 4.78 is 0. The van der Waals surface area contributed by atoms with Crippen LogP contribution in [-0.2, 0) is 0 Å². The van der Waals surface area contributed by atoms with E-state index in [9.17, 15) is 10.2 Å². The zero-order chi connectivity index (χ0) is 12.7. The van der Waals surface area contributed by atoms with Crippen LogP contribution in [0.3, 0.4) is 0 Å². The molecule has 2 nitrogen and oxygen atoms in total. The molecular weight excluding hydrogens is 212 g/mol. The van der Waals surface area contributed by atoms with Gasteiger partial charge in [-0.15, -0.1) is 0 Å². The molecule has 0 aromatic rings. The monoisotopic (exact) mass is 236 g/mol. The molecule has 0 aromatic carbocycles. The fourth-order valence-electron chi connectivity index (χ4n) is 2.11. The van der Waals surface area contributed by atoms with Gasteiger partial charge in [0, 0.05) is 0 Å². The second-order valence-electron chi connectivity index (χ2n) is 4.93. The summed E-state index contributed by atoms with van der Waals surface area (Å²) in [6.45, 7) is 4.26. The van der Waals surface area contributed by atoms with Crippen molar-refractivity contribution in [1.29, 1.82) is 0 Å². The Morgan fingerprint density at radius 3 is 2.47 bits per heavy atom. The second-order valence-corrected chi connectivity index (χ2v) is 4.93. The van der Waals surface area contributed by atoms with Gasteiger partial charge in [-0.1, -0.05) is 29.4 Å². The van der Waals surface area contributed by atoms with Crippen molar-refractivity contribution >= 4 is 0 Å². The molecule has 0 radical (unpaired) electrons. The summed E-state index contributed by atoms with van der Waals surface area (Å²) in [5.41, 5.74) is 3.57. The molecule has 1 rings (SSSR count). The average molecular weight is 236 g/mol. The normalized spacial score (nSPS) is 33.2. The molecule has 0 fully saturated rings. The Labute approximate surface area is 104 Å². The molecule has 0 aromatic heterocycles. The molecule has 1 atom stereocenters. The van der Waals surface area contributed by atoms with Crippen LogP contribution in [0.4, 0.5) is 0 Å². The van der Waals surface area contributed by atoms with Crippen molar-refractivity contribution in [1.82, 2.24) is 0 Å². The van der Waals surface area contributed by atoms with Crippen LogP contribution in [0.5, 0.6) is 0 Å². The molecule has 0 aliphatic heterocycles. The van der Waals surface area contributed by atoms with Crippen LogP contribution in [0, 0.1) is 0 Å². The SMILES string of the molecule is C/C1=C/CC/C(CO)=C\[C@H](O)C/C(C)=C\CC1. The molecule has 0 saturated heterocycles. The Kier molecular flexibility index (Phi) is 6.23. The summed E-state index contributed by atoms with van der Waals surface area (Å²) in [4.78, 5) is 0. The maximum Gasteiger partial charge on any atom is 0.0761 e. The van der Waals surface area contributed by atoms with E-state index in [1.165, 1.54) is 11.1 Å². The topological polar surface area (TPSA) is 40.5 Å². The van der Waals surface area contributed by atoms with Gasteiger partial charge in [0.05, 0.1) is 12.7 Å². The van der Waals surface area contributed by atoms with Crippen molar-refractivity contribution in [3.05, 3.63) is 34.9 Å². The Hall–Kier alpha value is -0.860. The van der Waals surface area contributed by atoms with E-state index in [4.69, 9.17) is 0 Å². The molecule has 1 aliphatic rings. The summed E-state index contributed by atoms with van der Waals surface area (Å²) >= 11 is 0. The molecule has 2 heteroatoms. The fraction of sp³-hybridized carbons (Fsp3) is 0.600. The lowest BCUT2D eigenvalue weighted by molar-refractivity contribution is 0.219. The highest BCUT2D eigenvalue weighted by Crippen LogP contribution is 2.16. The molecular formula is C15H24O2. The first-order valence-electron chi connectivity index (χ1n) is 6.41. The van der Waals surface area contributed by atoms with Gasteiger partial charge in [0.2, 0.25) is 0 Å². The highest BCUT2D eigenvalue weighted by molar-refractivity contribution is 5.13. The van der Waals surface area contributed by atoms with E-state index in [0.717, 1.165) is 31.3 Å². The fourth-order valence-corrected chi connectivity index (χ4v) is 2.11. The van der Waals surface area contributed by atoms with E-state index in [1.807, 2.05) is 6.08 Å². The van der Waals surface area contributed by atoms with Gasteiger partial charge >= 0.3 is 0 Å². The summed E-state index contributed by atoms with van der Waals surface area (Å²) in [5, 5.41) is 19.1. The van der Waals surface area contributed by atoms with Crippen molar-refractivity contribution in [2.24, 2.45) is 0 Å². The first-order chi connectivity index (χ1) is 8.11. The van der Waals surface area contributed by atoms with Gasteiger partial charge in [-0.2, -0.15) is 0 Å². The lowest BCUT2D eigenvalue weighted by atomic mass is 10.00. The maximum atomic E-state index is 9.87. The van der Waals surface area contributed by atoms with Crippen LogP contribution in [0.15, 0.2) is 34.9 Å². The predicted molar refractivity (Wildman–Crippen MR) is 71.8 cm³/mol. The minimum atomic E-state index is -0.460. The van der Waals surface area contributed by atoms with Gasteiger partial charge in [-0.05, 0) is 51.5 Å². The van der Waals surface area contributed by atoms with Crippen molar-refractivity contribution in [2.45, 2.75) is 52.1 Å². The molecule has 17 heavy (non-hydrogen) atoms. The van der Waals surface area contributed by atoms with Gasteiger partial charge in [-0.25, -0.2) is 0 Å². The maximum absolute atomic E-state index is 9.87. The Morgan fingerprint density at radius 1 is 1.12 bits per heavy atom. The molecule has 0 heterocycles. The number of hydrogen-bond donors (Lipinski definition) is 2. The van der Waals surface area contributed by atoms with Crippen LogP contribution in [0.1, 0.15) is 46.0 Å². The standard InChI is InChI=1S/C15H24O2/c1-12-5-3-7-13(2)9-15(17)10-14(11-16)8-4-6-12/h6-7,10,15-17H,3-5,8-9,11H2,1-2H3/b12-6-,13-7-,14-10+/t15-/m1/s1. The highest BCUT2D eigenvalue weighted by Gasteiger charge is 2.05. The number of allylic oxidation sites excluding steroid dienone is 3. The Balaban J connectivity index is 2.78. The lowest BCUT2D eigenvalue weighted by Crippen LogP contribution is -2.06. The van der Waals surface area contributed by atoms with Crippen molar-refractivity contribution in [2.75, 3.05) is 6.61 Å². The minimum absolute atomic E-state index is 0.0483. The van der Waals surface area contributed by atoms with Gasteiger partial charge in [0.15, 0.2) is 0 Å². The highest BCUT2D eigenvalue weighted by atomic mass is 16.3. The van der Waals surface area contributed by atoms with E-state index in [2.05, 4.69) is 26.0 Å². The predicted octanol–water partition coefficient (Wildman–Crippen LogP) is 3.12. The van der Waals surface area contributed by atoms with Gasteiger partial charge in [0.1, 0.15) is 0 Å². The van der Waals surface area contributed by atoms with Crippen molar-refractivity contribution < 1.29 is 10.2 Å². The zero-order valence-electron chi connectivity index (χ0n) is 10.9. The van der Waals surface area contributed by atoms with E-state index in [0.29, 0.717) is 6.42 Å². The summed E-state index contributed by atoms with van der Waals surface area (Å²) in [6, 6.07) is 0. The van der Waals surface area contributed by atoms with E-state index in [-0.39, 0.29) is 6.61 Å². The molecule has 96 valence electrons. The quantitative estimate of drug-likeness (QED) is 0.687. The van der Waals surface area contributed by atoms with Crippen molar-refractivity contribution in [3.8, 4) is 0 Å². The van der Waals surface area contributed by atoms with Crippen LogP contribution >= 0.6 is 0 Å². The Bertz CT molecular complexity index is 324. The minimum Gasteiger partial charge on any atom is -0.392 e. The lowest BCUT2D eigenvalue weighted by Gasteiger charge is -2.11. The molecule has 0 bridgehead atoms. The zero-order valence-corrected chi connectivity index (χ0v) is 10.9. The molecule has 2 N–H and O–H groups in total. The Morgan fingerprint density at radius 2 is 1.76 bits per heavy atom. The molecule has 0 amide bonds. The summed E-state index contributed by atoms with van der Waals surface area (Å²) in [5.74, 6) is 0. The van der Waals surface area contributed by atoms with Gasteiger partial charge in [-0.3, -0.25) is 0 Å². The van der Waals surface area contributed by atoms with Crippen molar-refractivity contribution in [3.63, 3.8) is 0 Å². The van der Waals surface area contributed by atoms with Crippen LogP contribution < -0.4 is 0 Å². The van der Waals surface area contributed by atoms with Gasteiger partial charge in [0.25, 0.3) is 0 Å². The number of rotatable bonds is 1. The molecule has 0 unspecified atom stereocenters. The van der Waals surface area contributed by atoms with Crippen LogP contribution in [0.25, 0.3) is 0 Å². The molecule has 0 saturated carbocycles. The summed E-state index contributed by atoms with van der Waals surface area (Å²) in [6.07, 6.45) is 10.4. The summed E-state index contributed by atoms with van der Waals surface area (Å²) in [7, 11) is 0. The third kappa shape index (κ3) is 5.85. The average Bonchev–Trinajstić information content (AvgIpc) is 2.26. The first kappa shape index (κ1) is 14.2. The largest absolute Gasteiger partial charge is 0.392 e. The number of aliphatic hydroxyl groups excluding tert-OH is 2. The smallest absolute Gasteiger partial charge is 0.0761 e. The molecule has 0 spiro atoms. The first-order valence-corrected chi connectivity index (χ1v) is 6.41. The van der Waals surface area contributed by atoms with E-state index >= 15 is 0 Å². The van der Waals surface area contributed by atoms with E-state index in [1.54, 1.807) is 0 Å². The number of aliphatic hydroxyl groups is 2. The number of hydrogen-bond acceptors (Lipinski definition) is 2. The molecule has 1 aliphatic carbocycles. The third-order valence-electron chi connectivity index (χ3n) is 3.15.